The lowest BCUT2D eigenvalue weighted by molar-refractivity contribution is 0.582. The fourth-order valence-electron chi connectivity index (χ4n) is 1.88. The van der Waals surface area contributed by atoms with Crippen molar-refractivity contribution in [3.63, 3.8) is 0 Å². The molecule has 0 radical (unpaired) electrons. The maximum Gasteiger partial charge on any atom is 0.0802 e. The average Bonchev–Trinajstić information content (AvgIpc) is 2.40. The molecule has 2 heterocycles. The van der Waals surface area contributed by atoms with E-state index in [2.05, 4.69) is 33.3 Å². The van der Waals surface area contributed by atoms with Crippen LogP contribution in [0, 0.1) is 6.92 Å². The molecule has 0 amide bonds. The molecule has 1 unspecified atom stereocenters. The second-order valence-corrected chi connectivity index (χ2v) is 4.31. The molecule has 0 spiro atoms. The van der Waals surface area contributed by atoms with Crippen molar-refractivity contribution < 1.29 is 0 Å². The SMILES string of the molecule is CCCNC(c1cncc(C)c1)c1cnccn1. The molecule has 0 aliphatic rings. The van der Waals surface area contributed by atoms with Crippen LogP contribution in [0.25, 0.3) is 0 Å². The molecule has 0 saturated carbocycles. The van der Waals surface area contributed by atoms with Gasteiger partial charge in [0.15, 0.2) is 0 Å². The number of nitrogens with zero attached hydrogens (tertiary/aromatic N) is 3. The maximum absolute atomic E-state index is 4.39. The molecule has 0 aliphatic carbocycles. The van der Waals surface area contributed by atoms with E-state index in [1.165, 1.54) is 0 Å². The van der Waals surface area contributed by atoms with Gasteiger partial charge < -0.3 is 5.32 Å². The number of hydrogen-bond donors (Lipinski definition) is 1. The van der Waals surface area contributed by atoms with Crippen molar-refractivity contribution in [3.8, 4) is 0 Å². The number of pyridine rings is 1. The Morgan fingerprint density at radius 1 is 1.17 bits per heavy atom. The first kappa shape index (κ1) is 12.6. The number of aryl methyl sites for hydroxylation is 1. The van der Waals surface area contributed by atoms with Gasteiger partial charge in [-0.05, 0) is 31.0 Å². The van der Waals surface area contributed by atoms with Crippen LogP contribution in [0.1, 0.15) is 36.2 Å². The van der Waals surface area contributed by atoms with Gasteiger partial charge in [0.2, 0.25) is 0 Å². The highest BCUT2D eigenvalue weighted by Gasteiger charge is 2.15. The minimum Gasteiger partial charge on any atom is -0.305 e. The Kier molecular flexibility index (Phi) is 4.36. The number of nitrogens with one attached hydrogen (secondary N) is 1. The van der Waals surface area contributed by atoms with E-state index in [4.69, 9.17) is 0 Å². The van der Waals surface area contributed by atoms with E-state index in [-0.39, 0.29) is 6.04 Å². The van der Waals surface area contributed by atoms with E-state index in [0.717, 1.165) is 29.8 Å². The summed E-state index contributed by atoms with van der Waals surface area (Å²) in [6.07, 6.45) is 10.0. The van der Waals surface area contributed by atoms with Gasteiger partial charge in [-0.2, -0.15) is 0 Å². The van der Waals surface area contributed by atoms with E-state index in [1.807, 2.05) is 19.3 Å². The van der Waals surface area contributed by atoms with E-state index < -0.39 is 0 Å². The van der Waals surface area contributed by atoms with Crippen molar-refractivity contribution in [3.05, 3.63) is 53.9 Å². The molecule has 0 bridgehead atoms. The maximum atomic E-state index is 4.39. The summed E-state index contributed by atoms with van der Waals surface area (Å²) in [4.78, 5) is 12.8. The summed E-state index contributed by atoms with van der Waals surface area (Å²) in [5.41, 5.74) is 3.21. The highest BCUT2D eigenvalue weighted by molar-refractivity contribution is 5.26. The summed E-state index contributed by atoms with van der Waals surface area (Å²) in [7, 11) is 0. The Bertz CT molecular complexity index is 484. The van der Waals surface area contributed by atoms with Gasteiger partial charge in [0, 0.05) is 24.8 Å². The van der Waals surface area contributed by atoms with Crippen LogP contribution >= 0.6 is 0 Å². The van der Waals surface area contributed by atoms with Crippen molar-refractivity contribution in [2.45, 2.75) is 26.3 Å². The summed E-state index contributed by atoms with van der Waals surface area (Å²) in [5, 5.41) is 3.49. The highest BCUT2D eigenvalue weighted by atomic mass is 14.9. The molecule has 0 aromatic carbocycles. The normalized spacial score (nSPS) is 12.3. The molecule has 1 N–H and O–H groups in total. The zero-order chi connectivity index (χ0) is 12.8. The van der Waals surface area contributed by atoms with Crippen LogP contribution in [0.4, 0.5) is 0 Å². The van der Waals surface area contributed by atoms with E-state index >= 15 is 0 Å². The van der Waals surface area contributed by atoms with Gasteiger partial charge in [-0.25, -0.2) is 0 Å². The lowest BCUT2D eigenvalue weighted by Crippen LogP contribution is -2.24. The smallest absolute Gasteiger partial charge is 0.0802 e. The predicted octanol–water partition coefficient (Wildman–Crippen LogP) is 2.27. The molecule has 0 saturated heterocycles. The van der Waals surface area contributed by atoms with Crippen LogP contribution in [-0.2, 0) is 0 Å². The molecule has 2 aromatic rings. The highest BCUT2D eigenvalue weighted by Crippen LogP contribution is 2.19. The Labute approximate surface area is 108 Å². The van der Waals surface area contributed by atoms with Crippen molar-refractivity contribution in [2.24, 2.45) is 0 Å². The van der Waals surface area contributed by atoms with Gasteiger partial charge in [-0.1, -0.05) is 13.0 Å². The number of aromatic nitrogens is 3. The summed E-state index contributed by atoms with van der Waals surface area (Å²) in [6.45, 7) is 5.13. The van der Waals surface area contributed by atoms with Gasteiger partial charge in [0.05, 0.1) is 17.9 Å². The molecule has 4 nitrogen and oxygen atoms in total. The molecule has 0 aliphatic heterocycles. The van der Waals surface area contributed by atoms with Gasteiger partial charge >= 0.3 is 0 Å². The van der Waals surface area contributed by atoms with Crippen molar-refractivity contribution in [1.29, 1.82) is 0 Å². The largest absolute Gasteiger partial charge is 0.305 e. The third-order valence-corrected chi connectivity index (χ3v) is 2.71. The van der Waals surface area contributed by atoms with Crippen LogP contribution in [0.2, 0.25) is 0 Å². The second-order valence-electron chi connectivity index (χ2n) is 4.31. The molecular weight excluding hydrogens is 224 g/mol. The average molecular weight is 242 g/mol. The van der Waals surface area contributed by atoms with Gasteiger partial charge in [-0.3, -0.25) is 15.0 Å². The first-order valence-corrected chi connectivity index (χ1v) is 6.22. The quantitative estimate of drug-likeness (QED) is 0.873. The predicted molar refractivity (Wildman–Crippen MR) is 71.1 cm³/mol. The molecule has 2 aromatic heterocycles. The lowest BCUT2D eigenvalue weighted by Gasteiger charge is -2.18. The Hall–Kier alpha value is -1.81. The standard InChI is InChI=1S/C14H18N4/c1-3-4-18-14(13-10-15-5-6-17-13)12-7-11(2)8-16-9-12/h5-10,14,18H,3-4H2,1-2H3. The minimum atomic E-state index is 0.0612. The summed E-state index contributed by atoms with van der Waals surface area (Å²) in [5.74, 6) is 0. The molecule has 94 valence electrons. The van der Waals surface area contributed by atoms with E-state index in [9.17, 15) is 0 Å². The minimum absolute atomic E-state index is 0.0612. The monoisotopic (exact) mass is 242 g/mol. The van der Waals surface area contributed by atoms with Crippen molar-refractivity contribution >= 4 is 0 Å². The third kappa shape index (κ3) is 3.11. The number of hydrogen-bond acceptors (Lipinski definition) is 4. The van der Waals surface area contributed by atoms with E-state index in [1.54, 1.807) is 18.6 Å². The van der Waals surface area contributed by atoms with Gasteiger partial charge in [-0.15, -0.1) is 0 Å². The summed E-state index contributed by atoms with van der Waals surface area (Å²) < 4.78 is 0. The fraction of sp³-hybridized carbons (Fsp3) is 0.357. The molecule has 4 heteroatoms. The first-order chi connectivity index (χ1) is 8.81. The zero-order valence-corrected chi connectivity index (χ0v) is 10.8. The molecule has 1 atom stereocenters. The summed E-state index contributed by atoms with van der Waals surface area (Å²) in [6, 6.07) is 2.20. The van der Waals surface area contributed by atoms with Gasteiger partial charge in [0.1, 0.15) is 0 Å². The molecular formula is C14H18N4. The summed E-state index contributed by atoms with van der Waals surface area (Å²) >= 11 is 0. The van der Waals surface area contributed by atoms with Crippen LogP contribution in [0.5, 0.6) is 0 Å². The Balaban J connectivity index is 2.31. The molecule has 2 rings (SSSR count). The van der Waals surface area contributed by atoms with Crippen LogP contribution < -0.4 is 5.32 Å². The fourth-order valence-corrected chi connectivity index (χ4v) is 1.88. The third-order valence-electron chi connectivity index (χ3n) is 2.71. The van der Waals surface area contributed by atoms with Crippen molar-refractivity contribution in [2.75, 3.05) is 6.54 Å². The molecule has 0 fully saturated rings. The van der Waals surface area contributed by atoms with Crippen LogP contribution in [0.3, 0.4) is 0 Å². The van der Waals surface area contributed by atoms with Crippen LogP contribution in [0.15, 0.2) is 37.1 Å². The first-order valence-electron chi connectivity index (χ1n) is 6.22. The Morgan fingerprint density at radius 3 is 2.72 bits per heavy atom. The lowest BCUT2D eigenvalue weighted by atomic mass is 10.0. The Morgan fingerprint density at radius 2 is 2.06 bits per heavy atom. The second kappa shape index (κ2) is 6.21. The number of rotatable bonds is 5. The van der Waals surface area contributed by atoms with Gasteiger partial charge in [0.25, 0.3) is 0 Å². The zero-order valence-electron chi connectivity index (χ0n) is 10.8. The van der Waals surface area contributed by atoms with E-state index in [0.29, 0.717) is 0 Å². The van der Waals surface area contributed by atoms with Crippen molar-refractivity contribution in [1.82, 2.24) is 20.3 Å². The van der Waals surface area contributed by atoms with Crippen LogP contribution in [-0.4, -0.2) is 21.5 Å². The topological polar surface area (TPSA) is 50.7 Å². The molecule has 18 heavy (non-hydrogen) atoms.